The maximum atomic E-state index is 13.5. The Kier molecular flexibility index (Phi) is 2.94. The van der Waals surface area contributed by atoms with Crippen molar-refractivity contribution in [3.8, 4) is 0 Å². The van der Waals surface area contributed by atoms with E-state index in [1.165, 1.54) is 6.42 Å². The molecule has 0 saturated heterocycles. The molecule has 0 spiro atoms. The molecule has 1 nitrogen and oxygen atoms in total. The molecule has 1 heterocycles. The van der Waals surface area contributed by atoms with Crippen LogP contribution in [0, 0.1) is 11.7 Å². The highest BCUT2D eigenvalue weighted by Crippen LogP contribution is 2.30. The number of hydrogen-bond acceptors (Lipinski definition) is 1. The maximum Gasteiger partial charge on any atom is 0.128 e. The van der Waals surface area contributed by atoms with E-state index in [0.29, 0.717) is 5.92 Å². The lowest BCUT2D eigenvalue weighted by molar-refractivity contribution is 0.550. The van der Waals surface area contributed by atoms with Gasteiger partial charge < -0.3 is 4.90 Å². The summed E-state index contributed by atoms with van der Waals surface area (Å²) in [5.41, 5.74) is 2.01. The molecule has 0 aromatic heterocycles. The fourth-order valence-corrected chi connectivity index (χ4v) is 2.15. The van der Waals surface area contributed by atoms with E-state index in [1.54, 1.807) is 6.07 Å². The highest BCUT2D eigenvalue weighted by molar-refractivity contribution is 5.58. The van der Waals surface area contributed by atoms with Gasteiger partial charge in [-0.25, -0.2) is 4.39 Å². The number of halogens is 1. The Morgan fingerprint density at radius 2 is 2.27 bits per heavy atom. The van der Waals surface area contributed by atoms with E-state index in [2.05, 4.69) is 18.7 Å². The molecule has 0 bridgehead atoms. The summed E-state index contributed by atoms with van der Waals surface area (Å²) < 4.78 is 13.5. The van der Waals surface area contributed by atoms with Gasteiger partial charge in [0, 0.05) is 24.3 Å². The number of benzene rings is 1. The van der Waals surface area contributed by atoms with Crippen LogP contribution in [0.2, 0.25) is 0 Å². The van der Waals surface area contributed by atoms with Gasteiger partial charge in [-0.15, -0.1) is 0 Å². The quantitative estimate of drug-likeness (QED) is 0.735. The molecule has 1 aliphatic heterocycles. The van der Waals surface area contributed by atoms with Gasteiger partial charge in [0.05, 0.1) is 0 Å². The first-order chi connectivity index (χ1) is 7.22. The Bertz CT molecular complexity index is 348. The van der Waals surface area contributed by atoms with Crippen molar-refractivity contribution in [2.75, 3.05) is 18.0 Å². The SMILES string of the molecule is CC[C@@H](C)CN1CCc2c(F)cccc21. The van der Waals surface area contributed by atoms with Crippen molar-refractivity contribution in [2.45, 2.75) is 26.7 Å². The van der Waals surface area contributed by atoms with E-state index < -0.39 is 0 Å². The lowest BCUT2D eigenvalue weighted by Gasteiger charge is -2.22. The van der Waals surface area contributed by atoms with Crippen molar-refractivity contribution >= 4 is 5.69 Å². The van der Waals surface area contributed by atoms with Gasteiger partial charge in [-0.1, -0.05) is 26.3 Å². The van der Waals surface area contributed by atoms with Crippen LogP contribution in [0.15, 0.2) is 18.2 Å². The van der Waals surface area contributed by atoms with Gasteiger partial charge in [-0.3, -0.25) is 0 Å². The van der Waals surface area contributed by atoms with Gasteiger partial charge in [0.1, 0.15) is 5.82 Å². The monoisotopic (exact) mass is 207 g/mol. The van der Waals surface area contributed by atoms with E-state index >= 15 is 0 Å². The minimum absolute atomic E-state index is 0.0425. The summed E-state index contributed by atoms with van der Waals surface area (Å²) in [5.74, 6) is 0.637. The Balaban J connectivity index is 2.18. The van der Waals surface area contributed by atoms with E-state index in [-0.39, 0.29) is 5.82 Å². The van der Waals surface area contributed by atoms with Crippen LogP contribution in [0.3, 0.4) is 0 Å². The fourth-order valence-electron chi connectivity index (χ4n) is 2.15. The van der Waals surface area contributed by atoms with Crippen molar-refractivity contribution in [1.29, 1.82) is 0 Å². The van der Waals surface area contributed by atoms with Crippen molar-refractivity contribution in [3.05, 3.63) is 29.6 Å². The molecule has 0 fully saturated rings. The minimum atomic E-state index is -0.0425. The van der Waals surface area contributed by atoms with Crippen LogP contribution in [0.1, 0.15) is 25.8 Å². The Morgan fingerprint density at radius 1 is 1.47 bits per heavy atom. The van der Waals surface area contributed by atoms with Crippen LogP contribution in [0.5, 0.6) is 0 Å². The fraction of sp³-hybridized carbons (Fsp3) is 0.538. The van der Waals surface area contributed by atoms with Gasteiger partial charge in [0.25, 0.3) is 0 Å². The zero-order valence-electron chi connectivity index (χ0n) is 9.46. The molecule has 1 aliphatic rings. The molecule has 1 atom stereocenters. The highest BCUT2D eigenvalue weighted by atomic mass is 19.1. The predicted molar refractivity (Wildman–Crippen MR) is 61.8 cm³/mol. The molecule has 1 aromatic rings. The summed E-state index contributed by atoms with van der Waals surface area (Å²) in [7, 11) is 0. The summed E-state index contributed by atoms with van der Waals surface area (Å²) in [6, 6.07) is 5.41. The first kappa shape index (κ1) is 10.5. The molecule has 2 heteroatoms. The van der Waals surface area contributed by atoms with Gasteiger partial charge in [0.2, 0.25) is 0 Å². The second-order valence-electron chi connectivity index (χ2n) is 4.45. The second kappa shape index (κ2) is 4.21. The number of nitrogens with zero attached hydrogens (tertiary/aromatic N) is 1. The van der Waals surface area contributed by atoms with E-state index in [1.807, 2.05) is 12.1 Å². The van der Waals surface area contributed by atoms with E-state index in [0.717, 1.165) is 30.8 Å². The molecule has 0 unspecified atom stereocenters. The Morgan fingerprint density at radius 3 is 3.00 bits per heavy atom. The lowest BCUT2D eigenvalue weighted by Crippen LogP contribution is -2.26. The molecule has 0 aliphatic carbocycles. The highest BCUT2D eigenvalue weighted by Gasteiger charge is 2.22. The standard InChI is InChI=1S/C13H18FN/c1-3-10(2)9-15-8-7-11-12(14)5-4-6-13(11)15/h4-6,10H,3,7-9H2,1-2H3/t10-/m1/s1. The number of fused-ring (bicyclic) bond motifs is 1. The molecule has 1 aromatic carbocycles. The summed E-state index contributed by atoms with van der Waals surface area (Å²) in [6.07, 6.45) is 2.04. The molecule has 0 radical (unpaired) electrons. The molecule has 2 rings (SSSR count). The average Bonchev–Trinajstić information content (AvgIpc) is 2.63. The van der Waals surface area contributed by atoms with Gasteiger partial charge in [0.15, 0.2) is 0 Å². The molecule has 0 amide bonds. The largest absolute Gasteiger partial charge is 0.371 e. The normalized spacial score (nSPS) is 16.6. The Labute approximate surface area is 90.9 Å². The third-order valence-corrected chi connectivity index (χ3v) is 3.30. The molecule has 82 valence electrons. The zero-order valence-corrected chi connectivity index (χ0v) is 9.46. The van der Waals surface area contributed by atoms with Gasteiger partial charge in [-0.05, 0) is 24.5 Å². The summed E-state index contributed by atoms with van der Waals surface area (Å²) in [4.78, 5) is 2.31. The van der Waals surface area contributed by atoms with Crippen LogP contribution in [0.4, 0.5) is 10.1 Å². The van der Waals surface area contributed by atoms with Crippen LogP contribution in [-0.4, -0.2) is 13.1 Å². The minimum Gasteiger partial charge on any atom is -0.371 e. The summed E-state index contributed by atoms with van der Waals surface area (Å²) >= 11 is 0. The smallest absolute Gasteiger partial charge is 0.128 e. The third kappa shape index (κ3) is 1.99. The van der Waals surface area contributed by atoms with Crippen LogP contribution >= 0.6 is 0 Å². The second-order valence-corrected chi connectivity index (χ2v) is 4.45. The van der Waals surface area contributed by atoms with Gasteiger partial charge >= 0.3 is 0 Å². The van der Waals surface area contributed by atoms with E-state index in [4.69, 9.17) is 0 Å². The van der Waals surface area contributed by atoms with Crippen molar-refractivity contribution in [3.63, 3.8) is 0 Å². The lowest BCUT2D eigenvalue weighted by atomic mass is 10.1. The molecule has 0 saturated carbocycles. The van der Waals surface area contributed by atoms with Gasteiger partial charge in [-0.2, -0.15) is 0 Å². The first-order valence-corrected chi connectivity index (χ1v) is 5.74. The first-order valence-electron chi connectivity index (χ1n) is 5.74. The number of hydrogen-bond donors (Lipinski definition) is 0. The third-order valence-electron chi connectivity index (χ3n) is 3.30. The predicted octanol–water partition coefficient (Wildman–Crippen LogP) is 3.23. The molecular weight excluding hydrogens is 189 g/mol. The Hall–Kier alpha value is -1.05. The van der Waals surface area contributed by atoms with E-state index in [9.17, 15) is 4.39 Å². The molecular formula is C13H18FN. The van der Waals surface area contributed by atoms with Crippen LogP contribution in [-0.2, 0) is 6.42 Å². The van der Waals surface area contributed by atoms with Crippen molar-refractivity contribution in [1.82, 2.24) is 0 Å². The summed E-state index contributed by atoms with van der Waals surface area (Å²) in [6.45, 7) is 6.47. The maximum absolute atomic E-state index is 13.5. The van der Waals surface area contributed by atoms with Crippen LogP contribution < -0.4 is 4.90 Å². The van der Waals surface area contributed by atoms with Crippen molar-refractivity contribution < 1.29 is 4.39 Å². The van der Waals surface area contributed by atoms with Crippen LogP contribution in [0.25, 0.3) is 0 Å². The topological polar surface area (TPSA) is 3.24 Å². The molecule has 0 N–H and O–H groups in total. The average molecular weight is 207 g/mol. The number of rotatable bonds is 3. The van der Waals surface area contributed by atoms with Crippen molar-refractivity contribution in [2.24, 2.45) is 5.92 Å². The summed E-state index contributed by atoms with van der Waals surface area (Å²) in [5, 5.41) is 0. The zero-order chi connectivity index (χ0) is 10.8. The number of anilines is 1. The molecule has 15 heavy (non-hydrogen) atoms.